The highest BCUT2D eigenvalue weighted by Gasteiger charge is 2.26. The lowest BCUT2D eigenvalue weighted by Gasteiger charge is -2.19. The van der Waals surface area contributed by atoms with Crippen molar-refractivity contribution >= 4 is 33.3 Å². The van der Waals surface area contributed by atoms with Gasteiger partial charge < -0.3 is 10.6 Å². The number of nitrogens with one attached hydrogen (secondary N) is 2. The number of sulfonamides is 1. The van der Waals surface area contributed by atoms with Crippen molar-refractivity contribution in [2.45, 2.75) is 18.2 Å². The third-order valence-electron chi connectivity index (χ3n) is 2.49. The van der Waals surface area contributed by atoms with Crippen LogP contribution in [-0.4, -0.2) is 14.4 Å². The van der Waals surface area contributed by atoms with E-state index < -0.39 is 15.8 Å². The van der Waals surface area contributed by atoms with Gasteiger partial charge in [-0.05, 0) is 18.6 Å². The standard InChI is InChI=1S/C11H11ClFN3O2S/c1-3-6(2)14-11-15-9-4-7(12)8(13)5-10(9)19(17,18)16-11/h4-5H,2-3H2,1H3,(H2,14,15,16). The van der Waals surface area contributed by atoms with Gasteiger partial charge in [0.1, 0.15) is 10.7 Å². The lowest BCUT2D eigenvalue weighted by molar-refractivity contribution is 0.592. The monoisotopic (exact) mass is 303 g/mol. The maximum absolute atomic E-state index is 13.3. The minimum Gasteiger partial charge on any atom is -0.329 e. The molecule has 2 rings (SSSR count). The minimum absolute atomic E-state index is 0.0158. The molecule has 0 atom stereocenters. The third kappa shape index (κ3) is 2.71. The Morgan fingerprint density at radius 1 is 1.58 bits per heavy atom. The van der Waals surface area contributed by atoms with Gasteiger partial charge in [-0.2, -0.15) is 8.42 Å². The van der Waals surface area contributed by atoms with Gasteiger partial charge in [-0.3, -0.25) is 0 Å². The van der Waals surface area contributed by atoms with Crippen LogP contribution in [0, 0.1) is 5.82 Å². The summed E-state index contributed by atoms with van der Waals surface area (Å²) in [5, 5.41) is 5.29. The average Bonchev–Trinajstić information content (AvgIpc) is 2.31. The molecule has 1 aliphatic rings. The third-order valence-corrected chi connectivity index (χ3v) is 4.09. The predicted octanol–water partition coefficient (Wildman–Crippen LogP) is 2.46. The van der Waals surface area contributed by atoms with Gasteiger partial charge in [-0.25, -0.2) is 4.39 Å². The van der Waals surface area contributed by atoms with Crippen molar-refractivity contribution in [3.05, 3.63) is 35.2 Å². The minimum atomic E-state index is -3.96. The van der Waals surface area contributed by atoms with Crippen molar-refractivity contribution in [3.8, 4) is 0 Å². The Morgan fingerprint density at radius 2 is 2.26 bits per heavy atom. The maximum Gasteiger partial charge on any atom is 0.287 e. The number of hydrogen-bond donors (Lipinski definition) is 2. The number of hydrogen-bond acceptors (Lipinski definition) is 4. The fourth-order valence-electron chi connectivity index (χ4n) is 1.47. The van der Waals surface area contributed by atoms with Gasteiger partial charge >= 0.3 is 0 Å². The smallest absolute Gasteiger partial charge is 0.287 e. The summed E-state index contributed by atoms with van der Waals surface area (Å²) in [7, 11) is -3.96. The summed E-state index contributed by atoms with van der Waals surface area (Å²) in [6.45, 7) is 5.54. The van der Waals surface area contributed by atoms with E-state index in [-0.39, 0.29) is 21.6 Å². The summed E-state index contributed by atoms with van der Waals surface area (Å²) in [4.78, 5) is -0.248. The van der Waals surface area contributed by atoms with Gasteiger partial charge in [0.05, 0.1) is 10.7 Å². The van der Waals surface area contributed by atoms with Crippen LogP contribution in [0.25, 0.3) is 0 Å². The van der Waals surface area contributed by atoms with Gasteiger partial charge in [0.25, 0.3) is 10.0 Å². The Hall–Kier alpha value is -1.60. The first kappa shape index (κ1) is 13.8. The van der Waals surface area contributed by atoms with Crippen molar-refractivity contribution in [1.29, 1.82) is 0 Å². The number of halogens is 2. The summed E-state index contributed by atoms with van der Waals surface area (Å²) in [6.07, 6.45) is 0.609. The molecule has 5 nitrogen and oxygen atoms in total. The van der Waals surface area contributed by atoms with Crippen molar-refractivity contribution in [1.82, 2.24) is 5.32 Å². The van der Waals surface area contributed by atoms with Crippen molar-refractivity contribution in [2.75, 3.05) is 5.32 Å². The van der Waals surface area contributed by atoms with E-state index in [1.165, 1.54) is 6.07 Å². The van der Waals surface area contributed by atoms with E-state index in [0.717, 1.165) is 6.07 Å². The second-order valence-electron chi connectivity index (χ2n) is 3.88. The Balaban J connectivity index is 2.47. The van der Waals surface area contributed by atoms with Gasteiger partial charge in [-0.1, -0.05) is 25.1 Å². The van der Waals surface area contributed by atoms with Crippen LogP contribution in [0.2, 0.25) is 5.02 Å². The fourth-order valence-corrected chi connectivity index (χ4v) is 2.70. The van der Waals surface area contributed by atoms with Gasteiger partial charge in [0, 0.05) is 5.70 Å². The zero-order valence-electron chi connectivity index (χ0n) is 10.00. The molecule has 0 fully saturated rings. The average molecular weight is 304 g/mol. The van der Waals surface area contributed by atoms with Gasteiger partial charge in [-0.15, -0.1) is 4.40 Å². The molecule has 102 valence electrons. The van der Waals surface area contributed by atoms with E-state index in [4.69, 9.17) is 11.6 Å². The number of anilines is 1. The van der Waals surface area contributed by atoms with E-state index in [1.54, 1.807) is 0 Å². The first-order valence-corrected chi connectivity index (χ1v) is 7.21. The van der Waals surface area contributed by atoms with Gasteiger partial charge in [0.2, 0.25) is 5.96 Å². The fraction of sp³-hybridized carbons (Fsp3) is 0.182. The second-order valence-corrected chi connectivity index (χ2v) is 5.86. The molecule has 8 heteroatoms. The first-order chi connectivity index (χ1) is 8.83. The normalized spacial score (nSPS) is 16.1. The first-order valence-electron chi connectivity index (χ1n) is 5.39. The molecule has 0 spiro atoms. The summed E-state index contributed by atoms with van der Waals surface area (Å²) in [5.74, 6) is -0.794. The molecular weight excluding hydrogens is 293 g/mol. The van der Waals surface area contributed by atoms with E-state index in [1.807, 2.05) is 6.92 Å². The van der Waals surface area contributed by atoms with Crippen LogP contribution in [-0.2, 0) is 10.0 Å². The van der Waals surface area contributed by atoms with Crippen molar-refractivity contribution < 1.29 is 12.8 Å². The van der Waals surface area contributed by atoms with Crippen LogP contribution in [0.1, 0.15) is 13.3 Å². The summed E-state index contributed by atoms with van der Waals surface area (Å²) < 4.78 is 40.6. The SMILES string of the molecule is C=C(CC)NC1=NS(=O)(=O)c2cc(F)c(Cl)cc2N1. The maximum atomic E-state index is 13.3. The summed E-state index contributed by atoms with van der Waals surface area (Å²) >= 11 is 5.63. The van der Waals surface area contributed by atoms with Crippen molar-refractivity contribution in [2.24, 2.45) is 4.40 Å². The molecule has 0 aliphatic carbocycles. The topological polar surface area (TPSA) is 70.6 Å². The predicted molar refractivity (Wildman–Crippen MR) is 72.2 cm³/mol. The second kappa shape index (κ2) is 4.82. The zero-order chi connectivity index (χ0) is 14.2. The number of allylic oxidation sites excluding steroid dienone is 1. The molecule has 2 N–H and O–H groups in total. The molecule has 0 amide bonds. The molecule has 1 heterocycles. The molecule has 0 saturated heterocycles. The van der Waals surface area contributed by atoms with Crippen LogP contribution >= 0.6 is 11.6 Å². The number of guanidine groups is 1. The molecule has 0 radical (unpaired) electrons. The number of benzene rings is 1. The Bertz CT molecular complexity index is 685. The van der Waals surface area contributed by atoms with Crippen LogP contribution in [0.4, 0.5) is 10.1 Å². The molecule has 0 saturated carbocycles. The molecule has 0 unspecified atom stereocenters. The highest BCUT2D eigenvalue weighted by Crippen LogP contribution is 2.31. The van der Waals surface area contributed by atoms with E-state index in [2.05, 4.69) is 21.6 Å². The molecule has 1 aromatic rings. The van der Waals surface area contributed by atoms with E-state index in [0.29, 0.717) is 12.1 Å². The van der Waals surface area contributed by atoms with Gasteiger partial charge in [0.15, 0.2) is 0 Å². The van der Waals surface area contributed by atoms with Crippen molar-refractivity contribution in [3.63, 3.8) is 0 Å². The Morgan fingerprint density at radius 3 is 2.89 bits per heavy atom. The zero-order valence-corrected chi connectivity index (χ0v) is 11.6. The van der Waals surface area contributed by atoms with E-state index >= 15 is 0 Å². The molecule has 19 heavy (non-hydrogen) atoms. The van der Waals surface area contributed by atoms with E-state index in [9.17, 15) is 12.8 Å². The quantitative estimate of drug-likeness (QED) is 0.880. The number of rotatable bonds is 2. The Labute approximate surface area is 115 Å². The largest absolute Gasteiger partial charge is 0.329 e. The molecule has 1 aromatic carbocycles. The lowest BCUT2D eigenvalue weighted by atomic mass is 10.3. The van der Waals surface area contributed by atoms with Crippen LogP contribution in [0.3, 0.4) is 0 Å². The highest BCUT2D eigenvalue weighted by molar-refractivity contribution is 7.90. The molecule has 1 aliphatic heterocycles. The molecular formula is C11H11ClFN3O2S. The molecule has 0 bridgehead atoms. The van der Waals surface area contributed by atoms with Crippen LogP contribution in [0.15, 0.2) is 33.7 Å². The highest BCUT2D eigenvalue weighted by atomic mass is 35.5. The Kier molecular flexibility index (Phi) is 3.51. The van der Waals surface area contributed by atoms with Crippen LogP contribution < -0.4 is 10.6 Å². The van der Waals surface area contributed by atoms with Crippen LogP contribution in [0.5, 0.6) is 0 Å². The summed E-state index contributed by atoms with van der Waals surface area (Å²) in [6, 6.07) is 2.05. The lowest BCUT2D eigenvalue weighted by Crippen LogP contribution is -2.33. The molecule has 0 aromatic heterocycles. The summed E-state index contributed by atoms with van der Waals surface area (Å²) in [5.41, 5.74) is 0.769. The number of fused-ring (bicyclic) bond motifs is 1. The number of nitrogens with zero attached hydrogens (tertiary/aromatic N) is 1.